The highest BCUT2D eigenvalue weighted by molar-refractivity contribution is 6.12. The minimum Gasteiger partial charge on any atom is -0.494 e. The first kappa shape index (κ1) is 31.3. The number of carbonyl (C=O) groups is 2. The standard InChI is InChI=1S/C34H47NO5/c1-2-3-4-13-26-39-31-19-21-32(22-20-31)40-28-29-15-17-30(18-16-29)38-27-14-11-9-7-5-6-8-10-12-25-35-33(36)23-24-34(35)37/h15-24H,2-14,25-28H2,1H3. The molecule has 0 N–H and O–H groups in total. The molecule has 0 saturated carbocycles. The van der Waals surface area contributed by atoms with Crippen molar-refractivity contribution in [1.29, 1.82) is 0 Å². The summed E-state index contributed by atoms with van der Waals surface area (Å²) in [4.78, 5) is 24.4. The van der Waals surface area contributed by atoms with E-state index >= 15 is 0 Å². The molecule has 2 aromatic rings. The summed E-state index contributed by atoms with van der Waals surface area (Å²) >= 11 is 0. The fraction of sp³-hybridized carbons (Fsp3) is 0.529. The van der Waals surface area contributed by atoms with Crippen molar-refractivity contribution < 1.29 is 23.8 Å². The number of unbranched alkanes of at least 4 members (excludes halogenated alkanes) is 11. The number of hydrogen-bond acceptors (Lipinski definition) is 5. The second-order valence-electron chi connectivity index (χ2n) is 10.5. The van der Waals surface area contributed by atoms with Crippen molar-refractivity contribution in [1.82, 2.24) is 4.90 Å². The third-order valence-corrected chi connectivity index (χ3v) is 7.11. The second kappa shape index (κ2) is 18.9. The number of amides is 2. The molecule has 3 rings (SSSR count). The Bertz CT molecular complexity index is 998. The van der Waals surface area contributed by atoms with E-state index in [1.165, 1.54) is 68.4 Å². The molecule has 218 valence electrons. The normalized spacial score (nSPS) is 12.8. The smallest absolute Gasteiger partial charge is 0.253 e. The first-order valence-corrected chi connectivity index (χ1v) is 15.3. The minimum absolute atomic E-state index is 0.173. The Balaban J connectivity index is 1.14. The Kier molecular flexibility index (Phi) is 14.8. The van der Waals surface area contributed by atoms with Gasteiger partial charge in [-0.25, -0.2) is 0 Å². The summed E-state index contributed by atoms with van der Waals surface area (Å²) in [5, 5.41) is 0. The van der Waals surface area contributed by atoms with E-state index in [2.05, 4.69) is 19.1 Å². The summed E-state index contributed by atoms with van der Waals surface area (Å²) in [7, 11) is 0. The SMILES string of the molecule is CCCCCCOc1ccc(OCc2ccc(OCCCCCCCCCCCN3C(=O)C=CC3=O)cc2)cc1. The van der Waals surface area contributed by atoms with Gasteiger partial charge in [0.15, 0.2) is 0 Å². The highest BCUT2D eigenvalue weighted by Gasteiger charge is 2.22. The lowest BCUT2D eigenvalue weighted by Gasteiger charge is -2.13. The van der Waals surface area contributed by atoms with Crippen LogP contribution in [0.1, 0.15) is 96.0 Å². The van der Waals surface area contributed by atoms with Crippen molar-refractivity contribution in [2.24, 2.45) is 0 Å². The molecule has 2 aromatic carbocycles. The summed E-state index contributed by atoms with van der Waals surface area (Å²) in [5.41, 5.74) is 1.11. The molecule has 0 radical (unpaired) electrons. The molecule has 0 atom stereocenters. The van der Waals surface area contributed by atoms with Gasteiger partial charge in [0.2, 0.25) is 0 Å². The van der Waals surface area contributed by atoms with Crippen molar-refractivity contribution in [3.05, 3.63) is 66.2 Å². The molecule has 0 spiro atoms. The van der Waals surface area contributed by atoms with E-state index in [9.17, 15) is 9.59 Å². The number of carbonyl (C=O) groups excluding carboxylic acids is 2. The maximum Gasteiger partial charge on any atom is 0.253 e. The second-order valence-corrected chi connectivity index (χ2v) is 10.5. The number of imide groups is 1. The van der Waals surface area contributed by atoms with Crippen LogP contribution in [0.25, 0.3) is 0 Å². The summed E-state index contributed by atoms with van der Waals surface area (Å²) in [6, 6.07) is 16.0. The van der Waals surface area contributed by atoms with Gasteiger partial charge in [-0.15, -0.1) is 0 Å². The zero-order chi connectivity index (χ0) is 28.3. The Hall–Kier alpha value is -3.28. The number of ether oxygens (including phenoxy) is 3. The van der Waals surface area contributed by atoms with E-state index in [1.807, 2.05) is 36.4 Å². The third kappa shape index (κ3) is 12.3. The third-order valence-electron chi connectivity index (χ3n) is 7.11. The van der Waals surface area contributed by atoms with E-state index in [-0.39, 0.29) is 11.8 Å². The average Bonchev–Trinajstić information content (AvgIpc) is 3.30. The molecule has 1 aliphatic rings. The van der Waals surface area contributed by atoms with E-state index in [0.29, 0.717) is 13.2 Å². The van der Waals surface area contributed by atoms with Crippen LogP contribution in [-0.4, -0.2) is 36.5 Å². The van der Waals surface area contributed by atoms with Gasteiger partial charge in [0.25, 0.3) is 11.8 Å². The Morgan fingerprint density at radius 2 is 0.950 bits per heavy atom. The van der Waals surface area contributed by atoms with Gasteiger partial charge in [0.05, 0.1) is 13.2 Å². The van der Waals surface area contributed by atoms with Gasteiger partial charge >= 0.3 is 0 Å². The van der Waals surface area contributed by atoms with E-state index < -0.39 is 0 Å². The molecule has 0 bridgehead atoms. The van der Waals surface area contributed by atoms with Crippen molar-refractivity contribution in [3.63, 3.8) is 0 Å². The van der Waals surface area contributed by atoms with Crippen molar-refractivity contribution in [3.8, 4) is 17.2 Å². The topological polar surface area (TPSA) is 65.1 Å². The van der Waals surface area contributed by atoms with Crippen LogP contribution in [0, 0.1) is 0 Å². The molecule has 0 aromatic heterocycles. The van der Waals surface area contributed by atoms with Crippen LogP contribution in [0.5, 0.6) is 17.2 Å². The Morgan fingerprint density at radius 3 is 1.48 bits per heavy atom. The first-order valence-electron chi connectivity index (χ1n) is 15.3. The molecule has 6 nitrogen and oxygen atoms in total. The van der Waals surface area contributed by atoms with Gasteiger partial charge in [-0.1, -0.05) is 83.3 Å². The van der Waals surface area contributed by atoms with Crippen LogP contribution in [0.3, 0.4) is 0 Å². The molecule has 6 heteroatoms. The largest absolute Gasteiger partial charge is 0.494 e. The van der Waals surface area contributed by atoms with Crippen LogP contribution in [-0.2, 0) is 16.2 Å². The number of hydrogen-bond donors (Lipinski definition) is 0. The Labute approximate surface area is 240 Å². The van der Waals surface area contributed by atoms with Gasteiger partial charge < -0.3 is 14.2 Å². The van der Waals surface area contributed by atoms with Crippen molar-refractivity contribution in [2.75, 3.05) is 19.8 Å². The van der Waals surface area contributed by atoms with Crippen LogP contribution in [0.2, 0.25) is 0 Å². The van der Waals surface area contributed by atoms with E-state index in [1.54, 1.807) is 0 Å². The fourth-order valence-electron chi connectivity index (χ4n) is 4.65. The van der Waals surface area contributed by atoms with Crippen molar-refractivity contribution >= 4 is 11.8 Å². The molecule has 1 aliphatic heterocycles. The van der Waals surface area contributed by atoms with Crippen LogP contribution >= 0.6 is 0 Å². The molecule has 0 aliphatic carbocycles. The molecular weight excluding hydrogens is 502 g/mol. The Morgan fingerprint density at radius 1 is 0.525 bits per heavy atom. The predicted molar refractivity (Wildman–Crippen MR) is 160 cm³/mol. The summed E-state index contributed by atoms with van der Waals surface area (Å²) in [5.74, 6) is 2.28. The summed E-state index contributed by atoms with van der Waals surface area (Å²) in [6.45, 7) is 4.79. The first-order chi connectivity index (χ1) is 19.7. The minimum atomic E-state index is -0.173. The highest BCUT2D eigenvalue weighted by atomic mass is 16.5. The average molecular weight is 550 g/mol. The maximum atomic E-state index is 11.5. The van der Waals surface area contributed by atoms with Crippen LogP contribution < -0.4 is 14.2 Å². The number of nitrogens with zero attached hydrogens (tertiary/aromatic N) is 1. The van der Waals surface area contributed by atoms with E-state index in [4.69, 9.17) is 14.2 Å². The van der Waals surface area contributed by atoms with Gasteiger partial charge in [-0.05, 0) is 61.2 Å². The van der Waals surface area contributed by atoms with Crippen molar-refractivity contribution in [2.45, 2.75) is 97.0 Å². The molecule has 0 fully saturated rings. The van der Waals surface area contributed by atoms with Gasteiger partial charge in [0.1, 0.15) is 23.9 Å². The molecule has 1 heterocycles. The highest BCUT2D eigenvalue weighted by Crippen LogP contribution is 2.20. The lowest BCUT2D eigenvalue weighted by molar-refractivity contribution is -0.136. The molecule has 0 saturated heterocycles. The van der Waals surface area contributed by atoms with E-state index in [0.717, 1.165) is 68.1 Å². The van der Waals surface area contributed by atoms with Crippen LogP contribution in [0.4, 0.5) is 0 Å². The molecule has 2 amide bonds. The van der Waals surface area contributed by atoms with Gasteiger partial charge in [-0.3, -0.25) is 14.5 Å². The lowest BCUT2D eigenvalue weighted by atomic mass is 10.1. The van der Waals surface area contributed by atoms with Gasteiger partial charge in [0, 0.05) is 18.7 Å². The van der Waals surface area contributed by atoms with Crippen LogP contribution in [0.15, 0.2) is 60.7 Å². The maximum absolute atomic E-state index is 11.5. The fourth-order valence-corrected chi connectivity index (χ4v) is 4.65. The number of benzene rings is 2. The zero-order valence-electron chi connectivity index (χ0n) is 24.3. The summed E-state index contributed by atoms with van der Waals surface area (Å²) in [6.07, 6.45) is 17.8. The van der Waals surface area contributed by atoms with Gasteiger partial charge in [-0.2, -0.15) is 0 Å². The molecule has 0 unspecified atom stereocenters. The summed E-state index contributed by atoms with van der Waals surface area (Å²) < 4.78 is 17.6. The number of rotatable bonds is 22. The molecular formula is C34H47NO5. The quantitative estimate of drug-likeness (QED) is 0.110. The zero-order valence-corrected chi connectivity index (χ0v) is 24.3. The molecule has 40 heavy (non-hydrogen) atoms. The predicted octanol–water partition coefficient (Wildman–Crippen LogP) is 8.04. The monoisotopic (exact) mass is 549 g/mol. The lowest BCUT2D eigenvalue weighted by Crippen LogP contribution is -2.30.